The molecular formula is C21H23ClN2O. The van der Waals surface area contributed by atoms with Crippen LogP contribution in [0.1, 0.15) is 27.5 Å². The number of hydrogen-bond donors (Lipinski definition) is 0. The summed E-state index contributed by atoms with van der Waals surface area (Å²) >= 11 is 6.05. The molecular weight excluding hydrogens is 332 g/mol. The second-order valence-corrected chi connectivity index (χ2v) is 7.82. The summed E-state index contributed by atoms with van der Waals surface area (Å²) < 4.78 is 0. The molecule has 25 heavy (non-hydrogen) atoms. The number of hydrogen-bond acceptors (Lipinski definition) is 2. The fraction of sp³-hybridized carbons (Fsp3) is 0.381. The molecule has 2 aromatic carbocycles. The van der Waals surface area contributed by atoms with Crippen LogP contribution in [0.2, 0.25) is 5.02 Å². The van der Waals surface area contributed by atoms with Gasteiger partial charge in [-0.3, -0.25) is 9.69 Å². The highest BCUT2D eigenvalue weighted by molar-refractivity contribution is 6.30. The minimum absolute atomic E-state index is 0.100. The summed E-state index contributed by atoms with van der Waals surface area (Å²) in [6.45, 7) is 4.88. The number of carbonyl (C=O) groups excluding carboxylic acids is 1. The fourth-order valence-electron chi connectivity index (χ4n) is 4.61. The van der Waals surface area contributed by atoms with E-state index in [-0.39, 0.29) is 5.91 Å². The predicted molar refractivity (Wildman–Crippen MR) is 101 cm³/mol. The minimum Gasteiger partial charge on any atom is -0.338 e. The highest BCUT2D eigenvalue weighted by Gasteiger charge is 2.47. The molecule has 0 saturated carbocycles. The number of rotatable bonds is 2. The van der Waals surface area contributed by atoms with Crippen molar-refractivity contribution in [3.8, 4) is 0 Å². The molecule has 0 bridgehead atoms. The Bertz CT molecular complexity index is 806. The molecule has 0 radical (unpaired) electrons. The van der Waals surface area contributed by atoms with Crippen molar-refractivity contribution >= 4 is 17.5 Å². The third kappa shape index (κ3) is 2.96. The van der Waals surface area contributed by atoms with Gasteiger partial charge in [-0.15, -0.1) is 0 Å². The molecule has 4 rings (SSSR count). The van der Waals surface area contributed by atoms with Crippen LogP contribution in [0.5, 0.6) is 0 Å². The van der Waals surface area contributed by atoms with E-state index in [0.29, 0.717) is 28.5 Å². The molecule has 2 aliphatic heterocycles. The van der Waals surface area contributed by atoms with Crippen LogP contribution in [0, 0.1) is 18.8 Å². The Kier molecular flexibility index (Phi) is 4.30. The first-order chi connectivity index (χ1) is 12.0. The van der Waals surface area contributed by atoms with E-state index in [4.69, 9.17) is 11.6 Å². The quantitative estimate of drug-likeness (QED) is 0.813. The highest BCUT2D eigenvalue weighted by Crippen LogP contribution is 2.45. The maximum Gasteiger partial charge on any atom is 0.253 e. The number of carbonyl (C=O) groups is 1. The molecule has 130 valence electrons. The summed E-state index contributed by atoms with van der Waals surface area (Å²) in [6, 6.07) is 16.3. The number of benzene rings is 2. The van der Waals surface area contributed by atoms with E-state index in [1.165, 1.54) is 11.1 Å². The average molecular weight is 355 g/mol. The van der Waals surface area contributed by atoms with Crippen molar-refractivity contribution in [3.63, 3.8) is 0 Å². The zero-order valence-electron chi connectivity index (χ0n) is 14.7. The van der Waals surface area contributed by atoms with E-state index >= 15 is 0 Å². The summed E-state index contributed by atoms with van der Waals surface area (Å²) in [6.07, 6.45) is 0. The van der Waals surface area contributed by atoms with E-state index < -0.39 is 0 Å². The maximum absolute atomic E-state index is 12.9. The van der Waals surface area contributed by atoms with Crippen molar-refractivity contribution in [3.05, 3.63) is 70.2 Å². The fourth-order valence-corrected chi connectivity index (χ4v) is 4.80. The summed E-state index contributed by atoms with van der Waals surface area (Å²) in [5.74, 6) is 1.13. The Hall–Kier alpha value is -1.84. The second-order valence-electron chi connectivity index (χ2n) is 7.39. The van der Waals surface area contributed by atoms with Gasteiger partial charge in [0, 0.05) is 42.2 Å². The van der Waals surface area contributed by atoms with E-state index in [1.54, 1.807) is 12.1 Å². The van der Waals surface area contributed by atoms with Crippen molar-refractivity contribution in [2.24, 2.45) is 11.8 Å². The molecule has 0 aromatic heterocycles. The first kappa shape index (κ1) is 16.6. The van der Waals surface area contributed by atoms with E-state index in [2.05, 4.69) is 43.1 Å². The molecule has 0 unspecified atom stereocenters. The second kappa shape index (κ2) is 6.47. The summed E-state index contributed by atoms with van der Waals surface area (Å²) in [7, 11) is 2.21. The van der Waals surface area contributed by atoms with Gasteiger partial charge in [0.15, 0.2) is 0 Å². The summed E-state index contributed by atoms with van der Waals surface area (Å²) in [5.41, 5.74) is 3.42. The topological polar surface area (TPSA) is 23.6 Å². The van der Waals surface area contributed by atoms with Gasteiger partial charge in [0.2, 0.25) is 0 Å². The van der Waals surface area contributed by atoms with Gasteiger partial charge in [-0.25, -0.2) is 0 Å². The molecule has 0 spiro atoms. The molecule has 2 saturated heterocycles. The Morgan fingerprint density at radius 2 is 1.88 bits per heavy atom. The van der Waals surface area contributed by atoms with Crippen molar-refractivity contribution < 1.29 is 4.79 Å². The molecule has 4 heteroatoms. The van der Waals surface area contributed by atoms with Crippen LogP contribution >= 0.6 is 11.6 Å². The van der Waals surface area contributed by atoms with E-state index in [9.17, 15) is 4.79 Å². The smallest absolute Gasteiger partial charge is 0.253 e. The first-order valence-electron chi connectivity index (χ1n) is 8.85. The van der Waals surface area contributed by atoms with Crippen LogP contribution in [0.25, 0.3) is 0 Å². The lowest BCUT2D eigenvalue weighted by Crippen LogP contribution is -2.33. The number of fused-ring (bicyclic) bond motifs is 1. The van der Waals surface area contributed by atoms with Crippen LogP contribution in [-0.4, -0.2) is 42.4 Å². The Balaban J connectivity index is 1.57. The van der Waals surface area contributed by atoms with Crippen molar-refractivity contribution in [2.45, 2.75) is 13.0 Å². The Morgan fingerprint density at radius 3 is 2.64 bits per heavy atom. The molecule has 1 amide bonds. The van der Waals surface area contributed by atoms with Gasteiger partial charge < -0.3 is 4.90 Å². The van der Waals surface area contributed by atoms with Gasteiger partial charge in [-0.1, -0.05) is 41.9 Å². The lowest BCUT2D eigenvalue weighted by Gasteiger charge is -2.28. The number of amides is 1. The zero-order valence-corrected chi connectivity index (χ0v) is 15.4. The van der Waals surface area contributed by atoms with Crippen LogP contribution in [0.15, 0.2) is 48.5 Å². The normalized spacial score (nSPS) is 26.0. The predicted octanol–water partition coefficient (Wildman–Crippen LogP) is 4.02. The van der Waals surface area contributed by atoms with Crippen LogP contribution in [0.4, 0.5) is 0 Å². The number of nitrogens with zero attached hydrogens (tertiary/aromatic N) is 2. The first-order valence-corrected chi connectivity index (χ1v) is 9.23. The summed E-state index contributed by atoms with van der Waals surface area (Å²) in [5, 5.41) is 0.614. The van der Waals surface area contributed by atoms with Crippen molar-refractivity contribution in [1.82, 2.24) is 9.80 Å². The van der Waals surface area contributed by atoms with Gasteiger partial charge in [-0.05, 0) is 49.2 Å². The van der Waals surface area contributed by atoms with Crippen LogP contribution < -0.4 is 0 Å². The monoisotopic (exact) mass is 354 g/mol. The Morgan fingerprint density at radius 1 is 1.08 bits per heavy atom. The number of aryl methyl sites for hydroxylation is 1. The minimum atomic E-state index is 0.100. The van der Waals surface area contributed by atoms with Gasteiger partial charge in [0.05, 0.1) is 0 Å². The molecule has 3 nitrogen and oxygen atoms in total. The van der Waals surface area contributed by atoms with Crippen LogP contribution in [0.3, 0.4) is 0 Å². The molecule has 0 N–H and O–H groups in total. The van der Waals surface area contributed by atoms with Gasteiger partial charge in [-0.2, -0.15) is 0 Å². The molecule has 2 heterocycles. The summed E-state index contributed by atoms with van der Waals surface area (Å²) in [4.78, 5) is 17.3. The number of halogens is 1. The lowest BCUT2D eigenvalue weighted by atomic mass is 9.88. The Labute approximate surface area is 154 Å². The zero-order chi connectivity index (χ0) is 17.6. The largest absolute Gasteiger partial charge is 0.338 e. The molecule has 2 aliphatic rings. The van der Waals surface area contributed by atoms with Gasteiger partial charge >= 0.3 is 0 Å². The van der Waals surface area contributed by atoms with E-state index in [0.717, 1.165) is 19.6 Å². The number of likely N-dealkylation sites (tertiary alicyclic amines) is 2. The van der Waals surface area contributed by atoms with E-state index in [1.807, 2.05) is 17.0 Å². The van der Waals surface area contributed by atoms with Crippen molar-refractivity contribution in [1.29, 1.82) is 0 Å². The molecule has 0 aliphatic carbocycles. The molecule has 2 aromatic rings. The standard InChI is InChI=1S/C21H23ClN2O/c1-14-6-3-4-9-18(14)20-19-13-24(12-16(19)11-23(20)2)21(25)15-7-5-8-17(22)10-15/h3-10,16,19-20H,11-13H2,1-2H3/t16-,19+,20-/m0/s1. The lowest BCUT2D eigenvalue weighted by molar-refractivity contribution is 0.0768. The SMILES string of the molecule is Cc1ccccc1[C@H]1[C@@H]2CN(C(=O)c3cccc(Cl)c3)C[C@@H]2CN1C. The maximum atomic E-state index is 12.9. The van der Waals surface area contributed by atoms with Gasteiger partial charge in [0.1, 0.15) is 0 Å². The molecule has 3 atom stereocenters. The van der Waals surface area contributed by atoms with Gasteiger partial charge in [0.25, 0.3) is 5.91 Å². The third-order valence-corrected chi connectivity index (χ3v) is 6.00. The van der Waals surface area contributed by atoms with Crippen LogP contribution in [-0.2, 0) is 0 Å². The third-order valence-electron chi connectivity index (χ3n) is 5.76. The average Bonchev–Trinajstić information content (AvgIpc) is 3.12. The highest BCUT2D eigenvalue weighted by atomic mass is 35.5. The van der Waals surface area contributed by atoms with Crippen molar-refractivity contribution in [2.75, 3.05) is 26.7 Å². The molecule has 2 fully saturated rings.